The van der Waals surface area contributed by atoms with Gasteiger partial charge in [0, 0.05) is 32.4 Å². The molecule has 194 valence electrons. The maximum Gasteiger partial charge on any atom is 0.295 e. The fourth-order valence-electron chi connectivity index (χ4n) is 5.34. The molecule has 1 N–H and O–H groups in total. The molecular formula is C29H34N4O4. The Kier molecular flexibility index (Phi) is 7.13. The van der Waals surface area contributed by atoms with Gasteiger partial charge in [0.1, 0.15) is 11.3 Å². The lowest BCUT2D eigenvalue weighted by Gasteiger charge is -2.29. The number of pyridine rings is 1. The molecule has 0 bridgehead atoms. The zero-order chi connectivity index (χ0) is 26.1. The van der Waals surface area contributed by atoms with E-state index in [2.05, 4.69) is 23.7 Å². The van der Waals surface area contributed by atoms with Crippen LogP contribution >= 0.6 is 0 Å². The third-order valence-electron chi connectivity index (χ3n) is 7.36. The summed E-state index contributed by atoms with van der Waals surface area (Å²) < 4.78 is 7.20. The normalized spacial score (nSPS) is 20.4. The molecule has 8 heteroatoms. The number of Topliss-reactive ketones (excluding diaryl/α,β-unsaturated/α-hetero) is 1. The topological polar surface area (TPSA) is 87.4 Å². The molecule has 8 nitrogen and oxygen atoms in total. The van der Waals surface area contributed by atoms with Gasteiger partial charge >= 0.3 is 0 Å². The largest absolute Gasteiger partial charge is 0.505 e. The van der Waals surface area contributed by atoms with Crippen molar-refractivity contribution in [3.05, 3.63) is 76.7 Å². The van der Waals surface area contributed by atoms with Crippen LogP contribution in [0.1, 0.15) is 54.7 Å². The number of ether oxygens (including phenoxy) is 1. The van der Waals surface area contributed by atoms with Crippen LogP contribution in [0, 0.1) is 6.92 Å². The van der Waals surface area contributed by atoms with Gasteiger partial charge in [0.25, 0.3) is 11.7 Å². The number of imidazole rings is 1. The van der Waals surface area contributed by atoms with E-state index < -0.39 is 17.7 Å². The Hall–Kier alpha value is -3.49. The molecule has 5 rings (SSSR count). The van der Waals surface area contributed by atoms with Gasteiger partial charge < -0.3 is 14.7 Å². The highest BCUT2D eigenvalue weighted by atomic mass is 16.5. The summed E-state index contributed by atoms with van der Waals surface area (Å²) in [7, 11) is 0. The first-order chi connectivity index (χ1) is 17.9. The number of aromatic nitrogens is 2. The van der Waals surface area contributed by atoms with Gasteiger partial charge in [0.15, 0.2) is 5.76 Å². The highest BCUT2D eigenvalue weighted by Crippen LogP contribution is 2.40. The first-order valence-corrected chi connectivity index (χ1v) is 13.0. The van der Waals surface area contributed by atoms with Crippen LogP contribution in [0.2, 0.25) is 0 Å². The van der Waals surface area contributed by atoms with Crippen LogP contribution in [0.3, 0.4) is 0 Å². The number of carbonyl (C=O) groups is 2. The van der Waals surface area contributed by atoms with Gasteiger partial charge in [-0.3, -0.25) is 18.9 Å². The van der Waals surface area contributed by atoms with Crippen molar-refractivity contribution < 1.29 is 19.4 Å². The summed E-state index contributed by atoms with van der Waals surface area (Å²) in [5.74, 6) is -1.07. The van der Waals surface area contributed by atoms with Gasteiger partial charge in [-0.1, -0.05) is 44.2 Å². The van der Waals surface area contributed by atoms with E-state index in [0.717, 1.165) is 31.6 Å². The van der Waals surface area contributed by atoms with Crippen LogP contribution in [0.4, 0.5) is 0 Å². The van der Waals surface area contributed by atoms with Crippen LogP contribution in [-0.2, 0) is 14.3 Å². The first kappa shape index (κ1) is 25.2. The molecule has 1 amide bonds. The quantitative estimate of drug-likeness (QED) is 0.300. The van der Waals surface area contributed by atoms with Gasteiger partial charge in [-0.25, -0.2) is 4.98 Å². The standard InChI is InChI=1S/C29H34N4O4/c1-19(2)21-8-10-22(11-9-21)26-24(27(34)25-20(3)30-23-7-4-5-13-32(23)25)28(35)29(36)33(26)14-6-12-31-15-17-37-18-16-31/h4-5,7-11,13,19,26,34H,6,12,14-18H2,1-3H3/b27-24+/t26-/m1/s1. The van der Waals surface area contributed by atoms with Crippen LogP contribution < -0.4 is 0 Å². The summed E-state index contributed by atoms with van der Waals surface area (Å²) in [5.41, 5.74) is 3.79. The number of likely N-dealkylation sites (tertiary alicyclic amines) is 1. The Morgan fingerprint density at radius 3 is 2.51 bits per heavy atom. The number of morpholine rings is 1. The van der Waals surface area contributed by atoms with E-state index >= 15 is 0 Å². The molecule has 3 aromatic rings. The minimum atomic E-state index is -0.667. The van der Waals surface area contributed by atoms with Crippen LogP contribution in [-0.4, -0.2) is 75.4 Å². The maximum atomic E-state index is 13.5. The van der Waals surface area contributed by atoms with E-state index in [1.807, 2.05) is 42.5 Å². The molecule has 2 aliphatic heterocycles. The van der Waals surface area contributed by atoms with Crippen LogP contribution in [0.15, 0.2) is 54.2 Å². The molecule has 0 spiro atoms. The average molecular weight is 503 g/mol. The molecule has 1 aromatic carbocycles. The smallest absolute Gasteiger partial charge is 0.295 e. The second-order valence-electron chi connectivity index (χ2n) is 10.1. The Labute approximate surface area is 217 Å². The van der Waals surface area contributed by atoms with Gasteiger partial charge in [0.2, 0.25) is 0 Å². The number of nitrogens with zero attached hydrogens (tertiary/aromatic N) is 4. The number of rotatable bonds is 7. The number of hydrogen-bond acceptors (Lipinski definition) is 6. The minimum Gasteiger partial charge on any atom is -0.505 e. The molecule has 2 aromatic heterocycles. The maximum absolute atomic E-state index is 13.5. The van der Waals surface area contributed by atoms with Crippen molar-refractivity contribution in [3.8, 4) is 0 Å². The molecule has 2 saturated heterocycles. The van der Waals surface area contributed by atoms with Gasteiger partial charge in [-0.15, -0.1) is 0 Å². The van der Waals surface area contributed by atoms with Crippen molar-refractivity contribution in [3.63, 3.8) is 0 Å². The summed E-state index contributed by atoms with van der Waals surface area (Å²) >= 11 is 0. The monoisotopic (exact) mass is 502 g/mol. The van der Waals surface area contributed by atoms with E-state index in [9.17, 15) is 14.7 Å². The van der Waals surface area contributed by atoms with E-state index in [4.69, 9.17) is 4.74 Å². The molecule has 0 saturated carbocycles. The van der Waals surface area contributed by atoms with Crippen molar-refractivity contribution in [1.29, 1.82) is 0 Å². The van der Waals surface area contributed by atoms with Gasteiger partial charge in [0.05, 0.1) is 30.5 Å². The molecule has 2 fully saturated rings. The summed E-state index contributed by atoms with van der Waals surface area (Å²) in [5, 5.41) is 11.6. The number of aliphatic hydroxyl groups is 1. The molecule has 1 atom stereocenters. The van der Waals surface area contributed by atoms with Crippen LogP contribution in [0.5, 0.6) is 0 Å². The SMILES string of the molecule is Cc1nc2ccccn2c1/C(O)=C1\C(=O)C(=O)N(CCCN2CCOCC2)[C@@H]1c1ccc(C(C)C)cc1. The van der Waals surface area contributed by atoms with Crippen molar-refractivity contribution >= 4 is 23.1 Å². The van der Waals surface area contributed by atoms with Crippen LogP contribution in [0.25, 0.3) is 11.4 Å². The van der Waals surface area contributed by atoms with Gasteiger partial charge in [-0.05, 0) is 42.5 Å². The number of benzene rings is 1. The second kappa shape index (κ2) is 10.5. The van der Waals surface area contributed by atoms with Crippen molar-refractivity contribution in [2.45, 2.75) is 39.2 Å². The molecule has 0 aliphatic carbocycles. The molecule has 2 aliphatic rings. The Bertz CT molecular complexity index is 1340. The lowest BCUT2D eigenvalue weighted by Crippen LogP contribution is -2.38. The second-order valence-corrected chi connectivity index (χ2v) is 10.1. The number of hydrogen-bond donors (Lipinski definition) is 1. The molecule has 37 heavy (non-hydrogen) atoms. The van der Waals surface area contributed by atoms with Crippen molar-refractivity contribution in [2.75, 3.05) is 39.4 Å². The Balaban J connectivity index is 1.55. The van der Waals surface area contributed by atoms with E-state index in [1.165, 1.54) is 5.56 Å². The summed E-state index contributed by atoms with van der Waals surface area (Å²) in [6.45, 7) is 10.4. The van der Waals surface area contributed by atoms with E-state index in [0.29, 0.717) is 42.7 Å². The first-order valence-electron chi connectivity index (χ1n) is 13.0. The van der Waals surface area contributed by atoms with Gasteiger partial charge in [-0.2, -0.15) is 0 Å². The zero-order valence-corrected chi connectivity index (χ0v) is 21.7. The van der Waals surface area contributed by atoms with E-state index in [-0.39, 0.29) is 11.3 Å². The number of amides is 1. The summed E-state index contributed by atoms with van der Waals surface area (Å²) in [6, 6.07) is 12.9. The van der Waals surface area contributed by atoms with E-state index in [1.54, 1.807) is 22.4 Å². The zero-order valence-electron chi connectivity index (χ0n) is 21.7. The molecule has 0 unspecified atom stereocenters. The fourth-order valence-corrected chi connectivity index (χ4v) is 5.34. The molecule has 0 radical (unpaired) electrons. The number of fused-ring (bicyclic) bond motifs is 1. The summed E-state index contributed by atoms with van der Waals surface area (Å²) in [6.07, 6.45) is 2.53. The number of aryl methyl sites for hydroxylation is 1. The van der Waals surface area contributed by atoms with Crippen molar-refractivity contribution in [2.24, 2.45) is 0 Å². The van der Waals surface area contributed by atoms with Crippen molar-refractivity contribution in [1.82, 2.24) is 19.2 Å². The number of carbonyl (C=O) groups excluding carboxylic acids is 2. The molecular weight excluding hydrogens is 468 g/mol. The lowest BCUT2D eigenvalue weighted by molar-refractivity contribution is -0.140. The lowest BCUT2D eigenvalue weighted by atomic mass is 9.93. The highest BCUT2D eigenvalue weighted by Gasteiger charge is 2.46. The fraction of sp³-hybridized carbons (Fsp3) is 0.414. The predicted molar refractivity (Wildman–Crippen MR) is 141 cm³/mol. The highest BCUT2D eigenvalue weighted by molar-refractivity contribution is 6.46. The number of aliphatic hydroxyl groups excluding tert-OH is 1. The molecule has 4 heterocycles. The Morgan fingerprint density at radius 2 is 1.81 bits per heavy atom. The average Bonchev–Trinajstić information content (AvgIpc) is 3.37. The summed E-state index contributed by atoms with van der Waals surface area (Å²) in [4.78, 5) is 35.3. The third-order valence-corrected chi connectivity index (χ3v) is 7.36. The Morgan fingerprint density at radius 1 is 1.08 bits per heavy atom. The predicted octanol–water partition coefficient (Wildman–Crippen LogP) is 3.91. The number of ketones is 1. The minimum absolute atomic E-state index is 0.113. The third kappa shape index (κ3) is 4.79.